The van der Waals surface area contributed by atoms with E-state index < -0.39 is 12.6 Å². The van der Waals surface area contributed by atoms with Crippen LogP contribution in [0.3, 0.4) is 0 Å². The molecule has 0 radical (unpaired) electrons. The van der Waals surface area contributed by atoms with Crippen molar-refractivity contribution in [2.75, 3.05) is 0 Å². The first kappa shape index (κ1) is 23.9. The molecule has 1 atom stereocenters. The quantitative estimate of drug-likeness (QED) is 0.433. The lowest BCUT2D eigenvalue weighted by molar-refractivity contribution is -0.135. The van der Waals surface area contributed by atoms with Crippen LogP contribution in [0.1, 0.15) is 67.0 Å². The SMILES string of the molecule is C[C@H](NC(=O)c1c[nH]c2ncc(-c3ccc(C(=O)CCCC(F)(F)F)s3)nc12)C(C)(C)C. The Labute approximate surface area is 187 Å². The van der Waals surface area contributed by atoms with Crippen molar-refractivity contribution in [1.82, 2.24) is 20.3 Å². The van der Waals surface area contributed by atoms with Gasteiger partial charge in [-0.05, 0) is 30.9 Å². The first-order chi connectivity index (χ1) is 14.8. The zero-order valence-corrected chi connectivity index (χ0v) is 19.1. The third-order valence-electron chi connectivity index (χ3n) is 5.27. The molecule has 172 valence electrons. The summed E-state index contributed by atoms with van der Waals surface area (Å²) in [4.78, 5) is 37.8. The molecule has 0 spiro atoms. The monoisotopic (exact) mass is 466 g/mol. The van der Waals surface area contributed by atoms with E-state index in [-0.39, 0.29) is 36.0 Å². The zero-order valence-electron chi connectivity index (χ0n) is 18.3. The van der Waals surface area contributed by atoms with E-state index in [1.807, 2.05) is 27.7 Å². The lowest BCUT2D eigenvalue weighted by Gasteiger charge is -2.27. The molecule has 0 fully saturated rings. The molecule has 0 aliphatic rings. The summed E-state index contributed by atoms with van der Waals surface area (Å²) in [5, 5.41) is 2.97. The van der Waals surface area contributed by atoms with E-state index in [9.17, 15) is 22.8 Å². The van der Waals surface area contributed by atoms with Crippen molar-refractivity contribution in [2.24, 2.45) is 5.41 Å². The molecule has 2 N–H and O–H groups in total. The summed E-state index contributed by atoms with van der Waals surface area (Å²) in [5.41, 5.74) is 1.60. The second-order valence-corrected chi connectivity index (χ2v) is 9.86. The summed E-state index contributed by atoms with van der Waals surface area (Å²) in [6.45, 7) is 8.03. The number of Topliss-reactive ketones (excluding diaryl/α,β-unsaturated/α-hetero) is 1. The minimum Gasteiger partial charge on any atom is -0.349 e. The number of carbonyl (C=O) groups is 2. The number of thiophene rings is 1. The van der Waals surface area contributed by atoms with Gasteiger partial charge >= 0.3 is 6.18 Å². The van der Waals surface area contributed by atoms with E-state index in [2.05, 4.69) is 20.3 Å². The number of aromatic nitrogens is 3. The predicted octanol–water partition coefficient (Wildman–Crippen LogP) is 5.77. The molecule has 32 heavy (non-hydrogen) atoms. The van der Waals surface area contributed by atoms with Crippen LogP contribution < -0.4 is 5.32 Å². The van der Waals surface area contributed by atoms with E-state index >= 15 is 0 Å². The Bertz CT molecular complexity index is 1130. The molecule has 10 heteroatoms. The van der Waals surface area contributed by atoms with Crippen molar-refractivity contribution in [3.8, 4) is 10.6 Å². The fourth-order valence-electron chi connectivity index (χ4n) is 2.87. The molecule has 0 aromatic carbocycles. The topological polar surface area (TPSA) is 87.7 Å². The van der Waals surface area contributed by atoms with Gasteiger partial charge in [0.25, 0.3) is 5.91 Å². The maximum absolute atomic E-state index is 12.8. The normalized spacial score (nSPS) is 13.3. The van der Waals surface area contributed by atoms with Gasteiger partial charge in [0.05, 0.1) is 27.2 Å². The summed E-state index contributed by atoms with van der Waals surface area (Å²) < 4.78 is 36.9. The van der Waals surface area contributed by atoms with Crippen LogP contribution in [-0.4, -0.2) is 38.9 Å². The van der Waals surface area contributed by atoms with Gasteiger partial charge in [0, 0.05) is 25.1 Å². The number of halogens is 3. The van der Waals surface area contributed by atoms with Crippen molar-refractivity contribution in [1.29, 1.82) is 0 Å². The smallest absolute Gasteiger partial charge is 0.349 e. The van der Waals surface area contributed by atoms with Gasteiger partial charge < -0.3 is 10.3 Å². The van der Waals surface area contributed by atoms with Gasteiger partial charge in [-0.3, -0.25) is 9.59 Å². The number of hydrogen-bond donors (Lipinski definition) is 2. The molecule has 0 saturated carbocycles. The van der Waals surface area contributed by atoms with E-state index in [0.717, 1.165) is 11.3 Å². The maximum atomic E-state index is 12.8. The van der Waals surface area contributed by atoms with Crippen molar-refractivity contribution >= 4 is 34.2 Å². The molecule has 6 nitrogen and oxygen atoms in total. The molecule has 0 unspecified atom stereocenters. The molecule has 0 bridgehead atoms. The molecule has 0 saturated heterocycles. The van der Waals surface area contributed by atoms with Gasteiger partial charge in [-0.25, -0.2) is 9.97 Å². The van der Waals surface area contributed by atoms with Crippen LogP contribution in [0.5, 0.6) is 0 Å². The summed E-state index contributed by atoms with van der Waals surface area (Å²) >= 11 is 1.15. The largest absolute Gasteiger partial charge is 0.389 e. The van der Waals surface area contributed by atoms with Gasteiger partial charge in [0.15, 0.2) is 11.4 Å². The number of aromatic amines is 1. The molecular weight excluding hydrogens is 441 g/mol. The van der Waals surface area contributed by atoms with E-state index in [0.29, 0.717) is 32.2 Å². The van der Waals surface area contributed by atoms with Gasteiger partial charge in [0.2, 0.25) is 0 Å². The molecular formula is C22H25F3N4O2S. The highest BCUT2D eigenvalue weighted by Crippen LogP contribution is 2.30. The molecule has 3 aromatic rings. The summed E-state index contributed by atoms with van der Waals surface area (Å²) in [6, 6.07) is 3.20. The third-order valence-corrected chi connectivity index (χ3v) is 6.42. The van der Waals surface area contributed by atoms with E-state index in [1.165, 1.54) is 6.20 Å². The Hall–Kier alpha value is -2.75. The minimum atomic E-state index is -4.27. The van der Waals surface area contributed by atoms with Gasteiger partial charge in [-0.1, -0.05) is 20.8 Å². The Morgan fingerprint density at radius 1 is 1.22 bits per heavy atom. The Morgan fingerprint density at radius 3 is 2.59 bits per heavy atom. The molecule has 3 aromatic heterocycles. The fourth-order valence-corrected chi connectivity index (χ4v) is 3.80. The van der Waals surface area contributed by atoms with Crippen LogP contribution in [0.15, 0.2) is 24.5 Å². The summed E-state index contributed by atoms with van der Waals surface area (Å²) in [5.74, 6) is -0.603. The number of carbonyl (C=O) groups excluding carboxylic acids is 2. The van der Waals surface area contributed by atoms with Crippen LogP contribution in [0.2, 0.25) is 0 Å². The number of nitrogens with one attached hydrogen (secondary N) is 2. The van der Waals surface area contributed by atoms with Crippen LogP contribution in [0.4, 0.5) is 13.2 Å². The highest BCUT2D eigenvalue weighted by molar-refractivity contribution is 7.17. The summed E-state index contributed by atoms with van der Waals surface area (Å²) in [6.07, 6.45) is -2.57. The highest BCUT2D eigenvalue weighted by Gasteiger charge is 2.27. The fraction of sp³-hybridized carbons (Fsp3) is 0.455. The number of alkyl halides is 3. The van der Waals surface area contributed by atoms with Crippen molar-refractivity contribution in [3.63, 3.8) is 0 Å². The van der Waals surface area contributed by atoms with Crippen LogP contribution >= 0.6 is 11.3 Å². The number of hydrogen-bond acceptors (Lipinski definition) is 5. The summed E-state index contributed by atoms with van der Waals surface area (Å²) in [7, 11) is 0. The molecule has 0 aliphatic heterocycles. The second kappa shape index (κ2) is 9.01. The standard InChI is InChI=1S/C22H25F3N4O2S/c1-12(21(2,3)4)28-20(31)13-10-26-19-18(13)29-14(11-27-19)16-7-8-17(32-16)15(30)6-5-9-22(23,24)25/h7-8,10-12H,5-6,9H2,1-4H3,(H,26,27)(H,28,31)/t12-/m0/s1. The number of rotatable bonds is 7. The first-order valence-corrected chi connectivity index (χ1v) is 11.0. The number of ketones is 1. The van der Waals surface area contributed by atoms with Crippen molar-refractivity contribution < 1.29 is 22.8 Å². The lowest BCUT2D eigenvalue weighted by atomic mass is 9.88. The molecule has 0 aliphatic carbocycles. The Kier molecular flexibility index (Phi) is 6.73. The van der Waals surface area contributed by atoms with Crippen molar-refractivity contribution in [3.05, 3.63) is 35.0 Å². The Morgan fingerprint density at radius 2 is 1.94 bits per heavy atom. The van der Waals surface area contributed by atoms with Gasteiger partial charge in [-0.15, -0.1) is 11.3 Å². The maximum Gasteiger partial charge on any atom is 0.389 e. The van der Waals surface area contributed by atoms with E-state index in [4.69, 9.17) is 0 Å². The van der Waals surface area contributed by atoms with Crippen LogP contribution in [-0.2, 0) is 0 Å². The number of nitrogens with zero attached hydrogens (tertiary/aromatic N) is 2. The Balaban J connectivity index is 1.78. The lowest BCUT2D eigenvalue weighted by Crippen LogP contribution is -2.41. The molecule has 3 rings (SSSR count). The number of fused-ring (bicyclic) bond motifs is 1. The van der Waals surface area contributed by atoms with Crippen LogP contribution in [0.25, 0.3) is 21.7 Å². The van der Waals surface area contributed by atoms with Gasteiger partial charge in [-0.2, -0.15) is 13.2 Å². The minimum absolute atomic E-state index is 0.0701. The second-order valence-electron chi connectivity index (χ2n) is 8.77. The molecule has 1 amide bonds. The predicted molar refractivity (Wildman–Crippen MR) is 118 cm³/mol. The first-order valence-electron chi connectivity index (χ1n) is 10.2. The van der Waals surface area contributed by atoms with Crippen LogP contribution in [0, 0.1) is 5.41 Å². The van der Waals surface area contributed by atoms with E-state index in [1.54, 1.807) is 18.3 Å². The van der Waals surface area contributed by atoms with Gasteiger partial charge in [0.1, 0.15) is 5.52 Å². The number of amides is 1. The average Bonchev–Trinajstić information content (AvgIpc) is 3.33. The highest BCUT2D eigenvalue weighted by atomic mass is 32.1. The van der Waals surface area contributed by atoms with Crippen molar-refractivity contribution in [2.45, 2.75) is 59.2 Å². The number of H-pyrrole nitrogens is 1. The molecule has 3 heterocycles. The zero-order chi connectivity index (χ0) is 23.7. The third kappa shape index (κ3) is 5.73. The average molecular weight is 467 g/mol.